The highest BCUT2D eigenvalue weighted by atomic mass is 32.2. The molecule has 1 aliphatic heterocycles. The van der Waals surface area contributed by atoms with Crippen LogP contribution in [-0.4, -0.2) is 27.1 Å². The first-order valence-corrected chi connectivity index (χ1v) is 9.68. The van der Waals surface area contributed by atoms with Crippen LogP contribution in [0.5, 0.6) is 0 Å². The van der Waals surface area contributed by atoms with E-state index in [4.69, 9.17) is 5.73 Å². The fourth-order valence-corrected chi connectivity index (χ4v) is 3.72. The summed E-state index contributed by atoms with van der Waals surface area (Å²) in [6.45, 7) is 2.40. The van der Waals surface area contributed by atoms with Gasteiger partial charge >= 0.3 is 0 Å². The Morgan fingerprint density at radius 2 is 1.96 bits per heavy atom. The quantitative estimate of drug-likeness (QED) is 0.849. The third-order valence-corrected chi connectivity index (χ3v) is 5.51. The zero-order valence-electron chi connectivity index (χ0n) is 13.7. The van der Waals surface area contributed by atoms with Crippen molar-refractivity contribution in [2.24, 2.45) is 0 Å². The number of carbonyl (C=O) groups excluding carboxylic acids is 1. The molecule has 5 nitrogen and oxygen atoms in total. The average molecular weight is 344 g/mol. The van der Waals surface area contributed by atoms with Crippen LogP contribution >= 0.6 is 0 Å². The van der Waals surface area contributed by atoms with Gasteiger partial charge in [-0.2, -0.15) is 0 Å². The van der Waals surface area contributed by atoms with E-state index in [0.29, 0.717) is 17.8 Å². The normalized spacial score (nSPS) is 14.3. The second-order valence-corrected chi connectivity index (χ2v) is 8.17. The smallest absolute Gasteiger partial charge is 0.258 e. The van der Waals surface area contributed by atoms with Crippen molar-refractivity contribution in [1.82, 2.24) is 0 Å². The van der Waals surface area contributed by atoms with Gasteiger partial charge in [0.15, 0.2) is 9.84 Å². The Hall–Kier alpha value is -2.34. The van der Waals surface area contributed by atoms with Gasteiger partial charge in [0.1, 0.15) is 0 Å². The molecule has 126 valence electrons. The van der Waals surface area contributed by atoms with Crippen LogP contribution in [0.3, 0.4) is 0 Å². The Labute approximate surface area is 142 Å². The predicted octanol–water partition coefficient (Wildman–Crippen LogP) is 2.57. The topological polar surface area (TPSA) is 80.5 Å². The highest BCUT2D eigenvalue weighted by molar-refractivity contribution is 7.90. The third kappa shape index (κ3) is 2.89. The van der Waals surface area contributed by atoms with E-state index in [1.54, 1.807) is 11.0 Å². The number of anilines is 2. The van der Waals surface area contributed by atoms with Gasteiger partial charge < -0.3 is 10.6 Å². The van der Waals surface area contributed by atoms with Gasteiger partial charge in [0.25, 0.3) is 5.91 Å². The van der Waals surface area contributed by atoms with Crippen molar-refractivity contribution >= 4 is 27.1 Å². The monoisotopic (exact) mass is 344 g/mol. The van der Waals surface area contributed by atoms with Gasteiger partial charge in [-0.25, -0.2) is 8.42 Å². The van der Waals surface area contributed by atoms with Crippen LogP contribution in [0.15, 0.2) is 41.3 Å². The molecular formula is C18H20N2O3S. The second-order valence-electron chi connectivity index (χ2n) is 6.15. The molecule has 0 saturated heterocycles. The Balaban J connectivity index is 2.07. The van der Waals surface area contributed by atoms with Gasteiger partial charge in [0.05, 0.1) is 4.90 Å². The van der Waals surface area contributed by atoms with Crippen LogP contribution in [0.25, 0.3) is 0 Å². The van der Waals surface area contributed by atoms with Crippen LogP contribution in [0.2, 0.25) is 0 Å². The molecule has 2 N–H and O–H groups in total. The molecule has 0 fully saturated rings. The van der Waals surface area contributed by atoms with E-state index >= 15 is 0 Å². The number of hydrogen-bond donors (Lipinski definition) is 1. The molecule has 0 unspecified atom stereocenters. The number of aryl methyl sites for hydroxylation is 1. The summed E-state index contributed by atoms with van der Waals surface area (Å²) in [5.41, 5.74) is 9.68. The zero-order valence-corrected chi connectivity index (χ0v) is 14.6. The first-order chi connectivity index (χ1) is 11.3. The van der Waals surface area contributed by atoms with Crippen LogP contribution < -0.4 is 10.6 Å². The lowest BCUT2D eigenvalue weighted by Crippen LogP contribution is -2.36. The van der Waals surface area contributed by atoms with Crippen molar-refractivity contribution in [1.29, 1.82) is 0 Å². The van der Waals surface area contributed by atoms with Crippen molar-refractivity contribution in [3.05, 3.63) is 53.1 Å². The molecule has 2 aromatic carbocycles. The number of benzene rings is 2. The van der Waals surface area contributed by atoms with E-state index in [0.717, 1.165) is 35.9 Å². The number of hydrogen-bond acceptors (Lipinski definition) is 4. The molecule has 1 heterocycles. The second kappa shape index (κ2) is 5.94. The van der Waals surface area contributed by atoms with Gasteiger partial charge in [-0.05, 0) is 55.2 Å². The van der Waals surface area contributed by atoms with E-state index in [9.17, 15) is 13.2 Å². The average Bonchev–Trinajstić information content (AvgIpc) is 2.53. The maximum Gasteiger partial charge on any atom is 0.258 e. The summed E-state index contributed by atoms with van der Waals surface area (Å²) in [6.07, 6.45) is 2.81. The van der Waals surface area contributed by atoms with E-state index in [1.165, 1.54) is 12.1 Å². The summed E-state index contributed by atoms with van der Waals surface area (Å²) >= 11 is 0. The van der Waals surface area contributed by atoms with Gasteiger partial charge in [-0.15, -0.1) is 0 Å². The maximum absolute atomic E-state index is 13.1. The summed E-state index contributed by atoms with van der Waals surface area (Å²) in [5.74, 6) is -0.190. The van der Waals surface area contributed by atoms with Crippen LogP contribution in [0.1, 0.15) is 27.9 Å². The van der Waals surface area contributed by atoms with Crippen molar-refractivity contribution in [2.75, 3.05) is 23.4 Å². The molecule has 1 aliphatic rings. The molecule has 0 aromatic heterocycles. The fraction of sp³-hybridized carbons (Fsp3) is 0.278. The number of nitrogens with two attached hydrogens (primary N) is 1. The largest absolute Gasteiger partial charge is 0.398 e. The minimum atomic E-state index is -3.36. The van der Waals surface area contributed by atoms with Gasteiger partial charge in [-0.1, -0.05) is 12.1 Å². The molecule has 2 aromatic rings. The van der Waals surface area contributed by atoms with Gasteiger partial charge in [-0.3, -0.25) is 4.79 Å². The predicted molar refractivity (Wildman–Crippen MR) is 95.1 cm³/mol. The maximum atomic E-state index is 13.1. The molecule has 0 aliphatic carbocycles. The Bertz CT molecular complexity index is 920. The van der Waals surface area contributed by atoms with E-state index < -0.39 is 9.84 Å². The summed E-state index contributed by atoms with van der Waals surface area (Å²) in [5, 5.41) is 0. The molecule has 24 heavy (non-hydrogen) atoms. The number of amides is 1. The molecule has 6 heteroatoms. The Morgan fingerprint density at radius 1 is 1.21 bits per heavy atom. The van der Waals surface area contributed by atoms with E-state index in [2.05, 4.69) is 0 Å². The Morgan fingerprint density at radius 3 is 2.67 bits per heavy atom. The minimum absolute atomic E-state index is 0.154. The molecule has 0 atom stereocenters. The third-order valence-electron chi connectivity index (χ3n) is 4.40. The number of nitrogens with zero attached hydrogens (tertiary/aromatic N) is 1. The van der Waals surface area contributed by atoms with Crippen molar-refractivity contribution < 1.29 is 13.2 Å². The molecule has 0 saturated carbocycles. The Kier molecular flexibility index (Phi) is 4.09. The SMILES string of the molecule is Cc1ccc(S(C)(=O)=O)cc1C(=O)N1CCCc2c(N)cccc21. The molecular weight excluding hydrogens is 324 g/mol. The lowest BCUT2D eigenvalue weighted by molar-refractivity contribution is 0.0984. The molecule has 0 bridgehead atoms. The summed E-state index contributed by atoms with van der Waals surface area (Å²) in [4.78, 5) is 14.9. The molecule has 0 spiro atoms. The lowest BCUT2D eigenvalue weighted by Gasteiger charge is -2.30. The minimum Gasteiger partial charge on any atom is -0.398 e. The number of fused-ring (bicyclic) bond motifs is 1. The summed E-state index contributed by atoms with van der Waals surface area (Å²) < 4.78 is 23.6. The van der Waals surface area contributed by atoms with Crippen LogP contribution in [-0.2, 0) is 16.3 Å². The van der Waals surface area contributed by atoms with E-state index in [1.807, 2.05) is 25.1 Å². The standard InChI is InChI=1S/C18H20N2O3S/c1-12-8-9-13(24(2,22)23)11-15(12)18(21)20-10-4-5-14-16(19)6-3-7-17(14)20/h3,6-9,11H,4-5,10,19H2,1-2H3. The van der Waals surface area contributed by atoms with Gasteiger partial charge in [0.2, 0.25) is 0 Å². The van der Waals surface area contributed by atoms with Crippen molar-refractivity contribution in [3.63, 3.8) is 0 Å². The van der Waals surface area contributed by atoms with Gasteiger partial charge in [0, 0.05) is 29.7 Å². The number of sulfone groups is 1. The first-order valence-electron chi connectivity index (χ1n) is 7.79. The summed E-state index contributed by atoms with van der Waals surface area (Å²) in [7, 11) is -3.36. The fourth-order valence-electron chi connectivity index (χ4n) is 3.07. The zero-order chi connectivity index (χ0) is 17.5. The van der Waals surface area contributed by atoms with Crippen molar-refractivity contribution in [3.8, 4) is 0 Å². The van der Waals surface area contributed by atoms with E-state index in [-0.39, 0.29) is 10.8 Å². The lowest BCUT2D eigenvalue weighted by atomic mass is 9.98. The first kappa shape index (κ1) is 16.5. The number of nitrogen functional groups attached to an aromatic ring is 1. The molecule has 0 radical (unpaired) electrons. The number of carbonyl (C=O) groups is 1. The molecule has 3 rings (SSSR count). The highest BCUT2D eigenvalue weighted by Crippen LogP contribution is 2.32. The molecule has 1 amide bonds. The van der Waals surface area contributed by atoms with Crippen LogP contribution in [0, 0.1) is 6.92 Å². The van der Waals surface area contributed by atoms with Crippen LogP contribution in [0.4, 0.5) is 11.4 Å². The summed E-state index contributed by atoms with van der Waals surface area (Å²) in [6, 6.07) is 10.2. The number of rotatable bonds is 2. The highest BCUT2D eigenvalue weighted by Gasteiger charge is 2.26. The van der Waals surface area contributed by atoms with Crippen molar-refractivity contribution in [2.45, 2.75) is 24.7 Å².